The number of unbranched alkanes of at least 4 members (excludes halogenated alkanes) is 25. The number of imidazole rings is 1. The van der Waals surface area contributed by atoms with Crippen molar-refractivity contribution in [1.29, 1.82) is 0 Å². The molecule has 2 heterocycles. The number of methoxy groups -OCH3 is 1. The fourth-order valence-corrected chi connectivity index (χ4v) is 13.8. The summed E-state index contributed by atoms with van der Waals surface area (Å²) in [6.45, 7) is 10.3. The maximum absolute atomic E-state index is 13.7. The van der Waals surface area contributed by atoms with Crippen LogP contribution in [0.4, 0.5) is 5.82 Å². The Bertz CT molecular complexity index is 2990. The van der Waals surface area contributed by atoms with Crippen molar-refractivity contribution in [3.05, 3.63) is 65.5 Å². The van der Waals surface area contributed by atoms with Crippen LogP contribution in [-0.4, -0.2) is 156 Å². The molecule has 0 saturated carbocycles. The molecular weight excluding hydrogens is 1360 g/mol. The van der Waals surface area contributed by atoms with Crippen molar-refractivity contribution in [1.82, 2.24) is 41.1 Å². The van der Waals surface area contributed by atoms with E-state index in [1.54, 1.807) is 0 Å². The highest BCUT2D eigenvalue weighted by Gasteiger charge is 2.28. The van der Waals surface area contributed by atoms with E-state index in [-0.39, 0.29) is 47.3 Å². The van der Waals surface area contributed by atoms with Gasteiger partial charge in [0, 0.05) is 94.8 Å². The molecule has 2 aromatic heterocycles. The lowest BCUT2D eigenvalue weighted by molar-refractivity contribution is -0.149. The van der Waals surface area contributed by atoms with Gasteiger partial charge in [0.15, 0.2) is 17.0 Å². The van der Waals surface area contributed by atoms with Crippen LogP contribution >= 0.6 is 24.0 Å². The number of aliphatic hydroxyl groups excluding tert-OH is 1. The summed E-state index contributed by atoms with van der Waals surface area (Å²) in [5.41, 5.74) is 11.1. The van der Waals surface area contributed by atoms with E-state index in [1.165, 1.54) is 147 Å². The molecule has 1 unspecified atom stereocenters. The molecule has 0 saturated heterocycles. The Morgan fingerprint density at radius 2 is 1.07 bits per heavy atom. The van der Waals surface area contributed by atoms with E-state index in [0.29, 0.717) is 122 Å². The van der Waals surface area contributed by atoms with Crippen LogP contribution in [0.5, 0.6) is 0 Å². The molecule has 104 heavy (non-hydrogen) atoms. The maximum Gasteiger partial charge on any atom is 0.330 e. The normalized spacial score (nSPS) is 12.3. The summed E-state index contributed by atoms with van der Waals surface area (Å²) >= 11 is 6.99. The van der Waals surface area contributed by atoms with Gasteiger partial charge in [0.1, 0.15) is 29.3 Å². The van der Waals surface area contributed by atoms with Gasteiger partial charge >= 0.3 is 11.9 Å². The molecular formula is C81H133N9O12S2. The molecule has 4 aromatic rings. The topological polar surface area (TPSA) is 286 Å². The first kappa shape index (κ1) is 90.4. The minimum absolute atomic E-state index is 0.106. The van der Waals surface area contributed by atoms with Crippen molar-refractivity contribution in [3.63, 3.8) is 0 Å². The van der Waals surface area contributed by atoms with E-state index in [1.807, 2.05) is 30.3 Å². The van der Waals surface area contributed by atoms with Crippen LogP contribution in [0.2, 0.25) is 0 Å². The molecule has 0 bridgehead atoms. The van der Waals surface area contributed by atoms with Gasteiger partial charge in [-0.3, -0.25) is 24.0 Å². The minimum Gasteiger partial charge on any atom is -0.467 e. The van der Waals surface area contributed by atoms with Crippen LogP contribution in [0.1, 0.15) is 275 Å². The number of rotatable bonds is 66. The van der Waals surface area contributed by atoms with Crippen LogP contribution < -0.4 is 32.3 Å². The number of ketones is 1. The lowest BCUT2D eigenvalue weighted by Crippen LogP contribution is -2.55. The lowest BCUT2D eigenvalue weighted by Gasteiger charge is -2.24. The molecule has 2 aromatic carbocycles. The zero-order valence-corrected chi connectivity index (χ0v) is 65.7. The number of Topliss-reactive ketones (excluding diaryl/α,β-unsaturated/α-hetero) is 1. The van der Waals surface area contributed by atoms with Crippen molar-refractivity contribution < 1.29 is 57.6 Å². The Morgan fingerprint density at radius 3 is 1.63 bits per heavy atom. The first-order valence-electron chi connectivity index (χ1n) is 40.0. The number of nitrogen functional groups attached to an aromatic ring is 1. The van der Waals surface area contributed by atoms with Crippen molar-refractivity contribution in [2.24, 2.45) is 0 Å². The van der Waals surface area contributed by atoms with Gasteiger partial charge in [-0.25, -0.2) is 14.8 Å². The molecule has 0 fully saturated rings. The highest BCUT2D eigenvalue weighted by molar-refractivity contribution is 7.99. The maximum atomic E-state index is 13.7. The molecule has 23 heteroatoms. The Balaban J connectivity index is 1.07. The Morgan fingerprint density at radius 1 is 0.548 bits per heavy atom. The second kappa shape index (κ2) is 59.1. The number of benzene rings is 2. The van der Waals surface area contributed by atoms with Gasteiger partial charge in [0.25, 0.3) is 0 Å². The number of thioether (sulfide) groups is 1. The zero-order chi connectivity index (χ0) is 74.9. The minimum atomic E-state index is -1.28. The van der Waals surface area contributed by atoms with Crippen LogP contribution in [0.3, 0.4) is 0 Å². The third-order valence-electron chi connectivity index (χ3n) is 18.7. The number of ether oxygens (including phenoxy) is 5. The largest absolute Gasteiger partial charge is 0.467 e. The molecule has 3 amide bonds. The predicted octanol–water partition coefficient (Wildman–Crippen LogP) is 14.7. The molecule has 0 aliphatic carbocycles. The number of esters is 2. The van der Waals surface area contributed by atoms with Gasteiger partial charge in [-0.15, -0.1) is 0 Å². The number of carbonyl (C=O) groups excluding carboxylic acids is 6. The van der Waals surface area contributed by atoms with Crippen LogP contribution in [0.25, 0.3) is 21.9 Å². The molecule has 0 radical (unpaired) electrons. The third-order valence-corrected chi connectivity index (χ3v) is 20.1. The molecule has 0 aliphatic heterocycles. The fourth-order valence-electron chi connectivity index (χ4n) is 12.5. The first-order valence-corrected chi connectivity index (χ1v) is 41.6. The highest BCUT2D eigenvalue weighted by Crippen LogP contribution is 2.30. The zero-order valence-electron chi connectivity index (χ0n) is 64.1. The molecule has 0 spiro atoms. The van der Waals surface area contributed by atoms with E-state index in [4.69, 9.17) is 46.6 Å². The van der Waals surface area contributed by atoms with Crippen LogP contribution in [0.15, 0.2) is 48.5 Å². The van der Waals surface area contributed by atoms with Gasteiger partial charge in [-0.2, -0.15) is 11.8 Å². The average Bonchev–Trinajstić information content (AvgIpc) is 1.59. The van der Waals surface area contributed by atoms with Gasteiger partial charge < -0.3 is 65.7 Å². The fraction of sp³-hybridized carbons (Fsp3) is 0.716. The molecule has 0 aliphatic rings. The molecule has 586 valence electrons. The number of aromatic nitrogens is 3. The SMILES string of the molecule is CCCCCCCCCCCCCCCC(=O)CC[C@H](CSCC(NC(=S)NCCCOCCOCCOCCCNC(=O)CCCC(=O)NCc1ccc(Cn2c(CCCC)nc3c(N)nc4ccccc4c32)cc1)C(=O)N[C@@H](CO)C(=O)OC)OC(=O)CCCCCCCCCCCCCCC. The summed E-state index contributed by atoms with van der Waals surface area (Å²) in [5, 5.41) is 25.8. The monoisotopic (exact) mass is 1490 g/mol. The van der Waals surface area contributed by atoms with E-state index in [2.05, 4.69) is 75.1 Å². The number of nitrogens with one attached hydrogen (secondary N) is 5. The third kappa shape index (κ3) is 41.2. The lowest BCUT2D eigenvalue weighted by atomic mass is 10.0. The summed E-state index contributed by atoms with van der Waals surface area (Å²) in [7, 11) is 1.18. The second-order valence-corrected chi connectivity index (χ2v) is 29.2. The van der Waals surface area contributed by atoms with Crippen molar-refractivity contribution in [2.75, 3.05) is 83.7 Å². The summed E-state index contributed by atoms with van der Waals surface area (Å²) in [5.74, 6) is 0.230. The van der Waals surface area contributed by atoms with Crippen molar-refractivity contribution in [3.8, 4) is 0 Å². The van der Waals surface area contributed by atoms with Gasteiger partial charge in [0.2, 0.25) is 17.7 Å². The summed E-state index contributed by atoms with van der Waals surface area (Å²) in [6, 6.07) is 14.0. The van der Waals surface area contributed by atoms with E-state index >= 15 is 0 Å². The number of anilines is 1. The number of thiocarbonyl (C=S) groups is 1. The molecule has 3 atom stereocenters. The smallest absolute Gasteiger partial charge is 0.330 e. The molecule has 21 nitrogen and oxygen atoms in total. The molecule has 4 rings (SSSR count). The summed E-state index contributed by atoms with van der Waals surface area (Å²) in [6.07, 6.45) is 37.8. The van der Waals surface area contributed by atoms with Gasteiger partial charge in [-0.05, 0) is 74.4 Å². The summed E-state index contributed by atoms with van der Waals surface area (Å²) < 4.78 is 30.2. The van der Waals surface area contributed by atoms with Crippen LogP contribution in [0, 0.1) is 0 Å². The number of nitrogens with zero attached hydrogens (tertiary/aromatic N) is 3. The number of aliphatic hydroxyl groups is 1. The van der Waals surface area contributed by atoms with Crippen molar-refractivity contribution in [2.45, 2.75) is 296 Å². The quantitative estimate of drug-likeness (QED) is 0.0123. The average molecular weight is 1490 g/mol. The predicted molar refractivity (Wildman–Crippen MR) is 425 cm³/mol. The van der Waals surface area contributed by atoms with Gasteiger partial charge in [-0.1, -0.05) is 224 Å². The second-order valence-electron chi connectivity index (χ2n) is 27.7. The summed E-state index contributed by atoms with van der Waals surface area (Å²) in [4.78, 5) is 87.3. The van der Waals surface area contributed by atoms with Gasteiger partial charge in [0.05, 0.1) is 51.2 Å². The number of carbonyl (C=O) groups is 6. The number of nitrogens with two attached hydrogens (primary N) is 1. The molecule has 8 N–H and O–H groups in total. The highest BCUT2D eigenvalue weighted by atomic mass is 32.2. The number of para-hydroxylation sites is 1. The van der Waals surface area contributed by atoms with E-state index in [0.717, 1.165) is 96.7 Å². The van der Waals surface area contributed by atoms with E-state index in [9.17, 15) is 33.9 Å². The number of hydrogen-bond acceptors (Lipinski definition) is 17. The Labute approximate surface area is 632 Å². The van der Waals surface area contributed by atoms with Crippen LogP contribution in [-0.2, 0) is 72.0 Å². The number of pyridine rings is 1. The first-order chi connectivity index (χ1) is 50.8. The standard InChI is InChI=1S/C81H133N9O12S2/c1-5-8-11-13-15-17-19-21-23-25-27-29-31-38-66(92)49-50-67(102-75(95)44-32-30-28-26-24-22-20-18-16-14-12-9-6-2)62-104-63-71(79(96)87-70(61-91)80(97)98-4)88-81(103)84-52-37-54-100-56-58-101-57-55-99-53-36-51-83-73(93)42-35-43-74(94)85-59-64-45-47-65(48-46-64)60-90-72(41-10-7-3)89-76-77(90)68-39-33-34-40-69(68)86-78(76)82/h33-34,39-40,45-48,67,70-71,91H,5-32,35-38,41-44,49-63H2,1-4H3,(H2,82,86)(H,83,93)(H,85,94)(H,87,96)(H2,84,88,103)/t67-,70+,71?/m1/s1. The Kier molecular flexibility index (Phi) is 51.4. The number of amides is 3. The number of aryl methyl sites for hydroxylation is 1. The Hall–Kier alpha value is -5.98. The van der Waals surface area contributed by atoms with E-state index < -0.39 is 36.7 Å². The van der Waals surface area contributed by atoms with Crippen molar-refractivity contribution >= 4 is 92.3 Å². The number of fused-ring (bicyclic) bond motifs is 3. The number of hydrogen-bond donors (Lipinski definition) is 7.